The Morgan fingerprint density at radius 1 is 1.07 bits per heavy atom. The Balaban J connectivity index is 2.91. The highest BCUT2D eigenvalue weighted by atomic mass is 16.5. The van der Waals surface area contributed by atoms with Gasteiger partial charge < -0.3 is 14.2 Å². The van der Waals surface area contributed by atoms with Crippen LogP contribution in [-0.2, 0) is 4.79 Å². The van der Waals surface area contributed by atoms with Crippen LogP contribution in [-0.4, -0.2) is 20.2 Å². The summed E-state index contributed by atoms with van der Waals surface area (Å²) < 4.78 is 15.1. The van der Waals surface area contributed by atoms with Gasteiger partial charge in [-0.2, -0.15) is 0 Å². The summed E-state index contributed by atoms with van der Waals surface area (Å²) in [7, 11) is 3.08. The molecule has 0 N–H and O–H groups in total. The number of hydrogen-bond donors (Lipinski definition) is 0. The fourth-order valence-electron chi connectivity index (χ4n) is 1.04. The minimum absolute atomic E-state index is 0.287. The summed E-state index contributed by atoms with van der Waals surface area (Å²) in [6.07, 6.45) is 0.333. The summed E-state index contributed by atoms with van der Waals surface area (Å²) in [5.41, 5.74) is 0. The first-order valence-electron chi connectivity index (χ1n) is 4.63. The molecule has 82 valence electrons. The average Bonchev–Trinajstić information content (AvgIpc) is 2.28. The van der Waals surface area contributed by atoms with E-state index in [0.717, 1.165) is 0 Å². The summed E-state index contributed by atoms with van der Waals surface area (Å²) in [6.45, 7) is 1.74. The number of esters is 1. The van der Waals surface area contributed by atoms with Gasteiger partial charge in [-0.1, -0.05) is 6.92 Å². The first-order chi connectivity index (χ1) is 7.19. The summed E-state index contributed by atoms with van der Waals surface area (Å²) >= 11 is 0. The van der Waals surface area contributed by atoms with Gasteiger partial charge in [0, 0.05) is 24.6 Å². The van der Waals surface area contributed by atoms with E-state index in [-0.39, 0.29) is 5.97 Å². The molecule has 0 amide bonds. The van der Waals surface area contributed by atoms with Gasteiger partial charge in [0.05, 0.1) is 14.2 Å². The molecule has 0 unspecified atom stereocenters. The van der Waals surface area contributed by atoms with E-state index in [1.54, 1.807) is 39.3 Å². The second-order valence-corrected chi connectivity index (χ2v) is 2.88. The molecule has 0 saturated heterocycles. The molecule has 4 heteroatoms. The van der Waals surface area contributed by atoms with Crippen LogP contribution in [0.3, 0.4) is 0 Å². The molecule has 0 atom stereocenters. The average molecular weight is 210 g/mol. The summed E-state index contributed by atoms with van der Waals surface area (Å²) in [4.78, 5) is 11.1. The van der Waals surface area contributed by atoms with E-state index < -0.39 is 0 Å². The number of rotatable bonds is 4. The van der Waals surface area contributed by atoms with Crippen LogP contribution in [0.5, 0.6) is 17.2 Å². The fourth-order valence-corrected chi connectivity index (χ4v) is 1.04. The highest BCUT2D eigenvalue weighted by Gasteiger charge is 2.06. The number of hydrogen-bond acceptors (Lipinski definition) is 4. The zero-order valence-electron chi connectivity index (χ0n) is 9.07. The third-order valence-corrected chi connectivity index (χ3v) is 1.85. The van der Waals surface area contributed by atoms with E-state index in [1.165, 1.54) is 0 Å². The molecular formula is C11H14O4. The Labute approximate surface area is 88.8 Å². The fraction of sp³-hybridized carbons (Fsp3) is 0.364. The highest BCUT2D eigenvalue weighted by Crippen LogP contribution is 2.27. The van der Waals surface area contributed by atoms with Crippen LogP contribution in [0.25, 0.3) is 0 Å². The molecule has 0 aliphatic rings. The Morgan fingerprint density at radius 3 is 1.93 bits per heavy atom. The number of ether oxygens (including phenoxy) is 3. The largest absolute Gasteiger partial charge is 0.496 e. The quantitative estimate of drug-likeness (QED) is 0.563. The van der Waals surface area contributed by atoms with Crippen LogP contribution in [0.2, 0.25) is 0 Å². The molecule has 0 aromatic heterocycles. The minimum Gasteiger partial charge on any atom is -0.496 e. The van der Waals surface area contributed by atoms with Crippen molar-refractivity contribution in [1.29, 1.82) is 0 Å². The van der Waals surface area contributed by atoms with Crippen molar-refractivity contribution < 1.29 is 19.0 Å². The molecule has 0 aliphatic carbocycles. The Hall–Kier alpha value is -1.71. The topological polar surface area (TPSA) is 44.8 Å². The third-order valence-electron chi connectivity index (χ3n) is 1.85. The van der Waals surface area contributed by atoms with Gasteiger partial charge in [0.2, 0.25) is 0 Å². The first kappa shape index (κ1) is 11.4. The van der Waals surface area contributed by atoms with E-state index in [2.05, 4.69) is 0 Å². The molecule has 0 aliphatic heterocycles. The second-order valence-electron chi connectivity index (χ2n) is 2.88. The highest BCUT2D eigenvalue weighted by molar-refractivity contribution is 5.72. The summed E-state index contributed by atoms with van der Waals surface area (Å²) in [5.74, 6) is 1.32. The minimum atomic E-state index is -0.287. The Morgan fingerprint density at radius 2 is 1.53 bits per heavy atom. The van der Waals surface area contributed by atoms with E-state index >= 15 is 0 Å². The van der Waals surface area contributed by atoms with Crippen LogP contribution >= 0.6 is 0 Å². The third kappa shape index (κ3) is 3.16. The lowest BCUT2D eigenvalue weighted by atomic mass is 10.3. The van der Waals surface area contributed by atoms with Gasteiger partial charge in [-0.15, -0.1) is 0 Å². The molecule has 0 saturated carbocycles. The van der Waals surface area contributed by atoms with Gasteiger partial charge in [-0.05, 0) is 0 Å². The van der Waals surface area contributed by atoms with E-state index in [9.17, 15) is 4.79 Å². The van der Waals surface area contributed by atoms with Gasteiger partial charge in [-0.25, -0.2) is 0 Å². The van der Waals surface area contributed by atoms with Crippen molar-refractivity contribution in [2.45, 2.75) is 13.3 Å². The maximum atomic E-state index is 11.1. The normalized spacial score (nSPS) is 9.53. The molecule has 0 fully saturated rings. The maximum Gasteiger partial charge on any atom is 0.310 e. The predicted octanol–water partition coefficient (Wildman–Crippen LogP) is 2.02. The summed E-state index contributed by atoms with van der Waals surface area (Å²) in [6, 6.07) is 4.98. The number of carbonyl (C=O) groups is 1. The van der Waals surface area contributed by atoms with E-state index in [1.807, 2.05) is 0 Å². The number of methoxy groups -OCH3 is 2. The lowest BCUT2D eigenvalue weighted by Gasteiger charge is -2.08. The smallest absolute Gasteiger partial charge is 0.310 e. The SMILES string of the molecule is CCC(=O)Oc1cc(OC)cc(OC)c1. The molecule has 0 spiro atoms. The first-order valence-corrected chi connectivity index (χ1v) is 4.63. The molecule has 1 aromatic rings. The van der Waals surface area contributed by atoms with Crippen LogP contribution in [0.1, 0.15) is 13.3 Å². The van der Waals surface area contributed by atoms with E-state index in [4.69, 9.17) is 14.2 Å². The van der Waals surface area contributed by atoms with Crippen molar-refractivity contribution in [1.82, 2.24) is 0 Å². The maximum absolute atomic E-state index is 11.1. The van der Waals surface area contributed by atoms with Gasteiger partial charge in [0.1, 0.15) is 17.2 Å². The zero-order valence-corrected chi connectivity index (χ0v) is 9.07. The van der Waals surface area contributed by atoms with Gasteiger partial charge >= 0.3 is 5.97 Å². The van der Waals surface area contributed by atoms with Gasteiger partial charge in [-0.3, -0.25) is 4.79 Å². The van der Waals surface area contributed by atoms with Crippen molar-refractivity contribution in [2.75, 3.05) is 14.2 Å². The van der Waals surface area contributed by atoms with Crippen molar-refractivity contribution in [3.05, 3.63) is 18.2 Å². The molecular weight excluding hydrogens is 196 g/mol. The lowest BCUT2D eigenvalue weighted by molar-refractivity contribution is -0.134. The Kier molecular flexibility index (Phi) is 3.97. The zero-order chi connectivity index (χ0) is 11.3. The van der Waals surface area contributed by atoms with Crippen molar-refractivity contribution in [3.63, 3.8) is 0 Å². The Bertz CT molecular complexity index is 324. The molecule has 0 heterocycles. The molecule has 1 aromatic carbocycles. The lowest BCUT2D eigenvalue weighted by Crippen LogP contribution is -2.05. The van der Waals surface area contributed by atoms with Crippen LogP contribution < -0.4 is 14.2 Å². The van der Waals surface area contributed by atoms with E-state index in [0.29, 0.717) is 23.7 Å². The number of carbonyl (C=O) groups excluding carboxylic acids is 1. The van der Waals surface area contributed by atoms with Crippen LogP contribution in [0, 0.1) is 0 Å². The predicted molar refractivity (Wildman–Crippen MR) is 55.5 cm³/mol. The van der Waals surface area contributed by atoms with Gasteiger partial charge in [0.25, 0.3) is 0 Å². The molecule has 0 bridgehead atoms. The monoisotopic (exact) mass is 210 g/mol. The summed E-state index contributed by atoms with van der Waals surface area (Å²) in [5, 5.41) is 0. The van der Waals surface area contributed by atoms with Crippen molar-refractivity contribution in [2.24, 2.45) is 0 Å². The second kappa shape index (κ2) is 5.24. The standard InChI is InChI=1S/C11H14O4/c1-4-11(12)15-10-6-8(13-2)5-9(7-10)14-3/h5-7H,4H2,1-3H3. The number of benzene rings is 1. The van der Waals surface area contributed by atoms with Crippen LogP contribution in [0.4, 0.5) is 0 Å². The molecule has 4 nitrogen and oxygen atoms in total. The van der Waals surface area contributed by atoms with Crippen molar-refractivity contribution >= 4 is 5.97 Å². The molecule has 0 radical (unpaired) electrons. The van der Waals surface area contributed by atoms with Crippen LogP contribution in [0.15, 0.2) is 18.2 Å². The van der Waals surface area contributed by atoms with Crippen molar-refractivity contribution in [3.8, 4) is 17.2 Å². The molecule has 15 heavy (non-hydrogen) atoms. The van der Waals surface area contributed by atoms with Gasteiger partial charge in [0.15, 0.2) is 0 Å². The molecule has 1 rings (SSSR count).